The highest BCUT2D eigenvalue weighted by Crippen LogP contribution is 2.21. The van der Waals surface area contributed by atoms with Crippen molar-refractivity contribution >= 4 is 5.78 Å². The zero-order valence-electron chi connectivity index (χ0n) is 9.75. The number of carbonyl (C=O) groups is 1. The molecule has 1 aromatic rings. The van der Waals surface area contributed by atoms with E-state index in [0.717, 1.165) is 44.1 Å². The lowest BCUT2D eigenvalue weighted by atomic mass is 9.89. The third-order valence-corrected chi connectivity index (χ3v) is 3.24. The predicted octanol–water partition coefficient (Wildman–Crippen LogP) is 2.49. The summed E-state index contributed by atoms with van der Waals surface area (Å²) in [7, 11) is 2.00. The molecule has 2 rings (SSSR count). The second-order valence-corrected chi connectivity index (χ2v) is 4.60. The van der Waals surface area contributed by atoms with Gasteiger partial charge in [0.2, 0.25) is 0 Å². The number of hydrogen-bond acceptors (Lipinski definition) is 2. The standard InChI is InChI=1S/C13H15F2NO/c1-16-4-2-9(3-5-16)13(17)10-6-11(14)8-12(15)7-10/h6-9H,2-5H2,1H3. The van der Waals surface area contributed by atoms with Crippen LogP contribution in [-0.2, 0) is 0 Å². The Labute approximate surface area is 99.2 Å². The first-order chi connectivity index (χ1) is 8.06. The number of carbonyl (C=O) groups excluding carboxylic acids is 1. The van der Waals surface area contributed by atoms with Crippen LogP contribution in [0.5, 0.6) is 0 Å². The number of rotatable bonds is 2. The number of ketones is 1. The smallest absolute Gasteiger partial charge is 0.166 e. The maximum absolute atomic E-state index is 13.0. The second kappa shape index (κ2) is 4.92. The lowest BCUT2D eigenvalue weighted by Crippen LogP contribution is -2.33. The van der Waals surface area contributed by atoms with Crippen LogP contribution in [0.2, 0.25) is 0 Å². The molecule has 4 heteroatoms. The Kier molecular flexibility index (Phi) is 3.52. The van der Waals surface area contributed by atoms with E-state index in [-0.39, 0.29) is 17.3 Å². The number of likely N-dealkylation sites (tertiary alicyclic amines) is 1. The fraction of sp³-hybridized carbons (Fsp3) is 0.462. The summed E-state index contributed by atoms with van der Waals surface area (Å²) in [6, 6.07) is 3.01. The SMILES string of the molecule is CN1CCC(C(=O)c2cc(F)cc(F)c2)CC1. The van der Waals surface area contributed by atoms with Gasteiger partial charge in [-0.05, 0) is 45.1 Å². The number of Topliss-reactive ketones (excluding diaryl/α,β-unsaturated/α-hetero) is 1. The average molecular weight is 239 g/mol. The Bertz CT molecular complexity index is 405. The third-order valence-electron chi connectivity index (χ3n) is 3.24. The molecule has 0 aliphatic carbocycles. The molecular weight excluding hydrogens is 224 g/mol. The van der Waals surface area contributed by atoms with Gasteiger partial charge in [-0.1, -0.05) is 0 Å². The van der Waals surface area contributed by atoms with Crippen molar-refractivity contribution in [2.24, 2.45) is 5.92 Å². The minimum atomic E-state index is -0.693. The molecule has 1 aliphatic heterocycles. The van der Waals surface area contributed by atoms with E-state index < -0.39 is 11.6 Å². The topological polar surface area (TPSA) is 20.3 Å². The quantitative estimate of drug-likeness (QED) is 0.739. The van der Waals surface area contributed by atoms with Crippen molar-refractivity contribution in [1.29, 1.82) is 0 Å². The molecule has 2 nitrogen and oxygen atoms in total. The molecule has 17 heavy (non-hydrogen) atoms. The highest BCUT2D eigenvalue weighted by atomic mass is 19.1. The van der Waals surface area contributed by atoms with E-state index in [1.165, 1.54) is 0 Å². The van der Waals surface area contributed by atoms with Crippen LogP contribution in [0, 0.1) is 17.6 Å². The van der Waals surface area contributed by atoms with E-state index >= 15 is 0 Å². The summed E-state index contributed by atoms with van der Waals surface area (Å²) in [6.07, 6.45) is 1.51. The Morgan fingerprint density at radius 1 is 1.18 bits per heavy atom. The summed E-state index contributed by atoms with van der Waals surface area (Å²) in [5.41, 5.74) is 0.150. The van der Waals surface area contributed by atoms with Gasteiger partial charge in [0.1, 0.15) is 11.6 Å². The van der Waals surface area contributed by atoms with Crippen LogP contribution >= 0.6 is 0 Å². The van der Waals surface area contributed by atoms with Gasteiger partial charge in [-0.15, -0.1) is 0 Å². The summed E-state index contributed by atoms with van der Waals surface area (Å²) in [4.78, 5) is 14.2. The zero-order chi connectivity index (χ0) is 12.4. The molecule has 1 fully saturated rings. The van der Waals surface area contributed by atoms with Crippen molar-refractivity contribution in [3.63, 3.8) is 0 Å². The van der Waals surface area contributed by atoms with Crippen molar-refractivity contribution in [1.82, 2.24) is 4.90 Å². The summed E-state index contributed by atoms with van der Waals surface area (Å²) in [5.74, 6) is -1.63. The summed E-state index contributed by atoms with van der Waals surface area (Å²) in [6.45, 7) is 1.71. The Morgan fingerprint density at radius 3 is 2.24 bits per heavy atom. The fourth-order valence-corrected chi connectivity index (χ4v) is 2.20. The predicted molar refractivity (Wildman–Crippen MR) is 60.9 cm³/mol. The van der Waals surface area contributed by atoms with E-state index in [9.17, 15) is 13.6 Å². The Morgan fingerprint density at radius 2 is 1.71 bits per heavy atom. The lowest BCUT2D eigenvalue weighted by Gasteiger charge is -2.27. The van der Waals surface area contributed by atoms with Gasteiger partial charge >= 0.3 is 0 Å². The van der Waals surface area contributed by atoms with Crippen LogP contribution < -0.4 is 0 Å². The average Bonchev–Trinajstić information content (AvgIpc) is 2.28. The van der Waals surface area contributed by atoms with Crippen LogP contribution in [0.15, 0.2) is 18.2 Å². The summed E-state index contributed by atoms with van der Waals surface area (Å²) < 4.78 is 26.0. The molecule has 1 aliphatic rings. The minimum Gasteiger partial charge on any atom is -0.306 e. The van der Waals surface area contributed by atoms with Crippen molar-refractivity contribution in [3.8, 4) is 0 Å². The first-order valence-electron chi connectivity index (χ1n) is 5.75. The second-order valence-electron chi connectivity index (χ2n) is 4.60. The third kappa shape index (κ3) is 2.88. The van der Waals surface area contributed by atoms with Gasteiger partial charge in [-0.3, -0.25) is 4.79 Å². The van der Waals surface area contributed by atoms with Crippen molar-refractivity contribution < 1.29 is 13.6 Å². The highest BCUT2D eigenvalue weighted by molar-refractivity contribution is 5.97. The Hall–Kier alpha value is -1.29. The van der Waals surface area contributed by atoms with E-state index in [1.807, 2.05) is 7.05 Å². The van der Waals surface area contributed by atoms with E-state index in [2.05, 4.69) is 4.90 Å². The lowest BCUT2D eigenvalue weighted by molar-refractivity contribution is 0.0856. The molecule has 92 valence electrons. The number of halogens is 2. The molecule has 0 bridgehead atoms. The molecule has 0 unspecified atom stereocenters. The van der Waals surface area contributed by atoms with E-state index in [0.29, 0.717) is 0 Å². The van der Waals surface area contributed by atoms with Gasteiger partial charge in [-0.25, -0.2) is 8.78 Å². The number of hydrogen-bond donors (Lipinski definition) is 0. The van der Waals surface area contributed by atoms with Gasteiger partial charge in [0.25, 0.3) is 0 Å². The van der Waals surface area contributed by atoms with Gasteiger partial charge in [0.05, 0.1) is 0 Å². The number of nitrogens with zero attached hydrogens (tertiary/aromatic N) is 1. The van der Waals surface area contributed by atoms with E-state index in [1.54, 1.807) is 0 Å². The maximum atomic E-state index is 13.0. The molecule has 0 saturated carbocycles. The van der Waals surface area contributed by atoms with Crippen LogP contribution in [-0.4, -0.2) is 30.8 Å². The Balaban J connectivity index is 2.14. The molecular formula is C13H15F2NO. The first kappa shape index (κ1) is 12.2. The van der Waals surface area contributed by atoms with E-state index in [4.69, 9.17) is 0 Å². The summed E-state index contributed by atoms with van der Waals surface area (Å²) in [5, 5.41) is 0. The molecule has 0 spiro atoms. The van der Waals surface area contributed by atoms with Crippen LogP contribution in [0.3, 0.4) is 0 Å². The van der Waals surface area contributed by atoms with Gasteiger partial charge in [-0.2, -0.15) is 0 Å². The largest absolute Gasteiger partial charge is 0.306 e. The maximum Gasteiger partial charge on any atom is 0.166 e. The van der Waals surface area contributed by atoms with Crippen LogP contribution in [0.25, 0.3) is 0 Å². The molecule has 1 heterocycles. The minimum absolute atomic E-state index is 0.104. The van der Waals surface area contributed by atoms with Crippen molar-refractivity contribution in [3.05, 3.63) is 35.4 Å². The zero-order valence-corrected chi connectivity index (χ0v) is 9.75. The first-order valence-corrected chi connectivity index (χ1v) is 5.75. The monoisotopic (exact) mass is 239 g/mol. The van der Waals surface area contributed by atoms with Gasteiger partial charge < -0.3 is 4.90 Å². The molecule has 0 aromatic heterocycles. The number of piperidine rings is 1. The number of benzene rings is 1. The van der Waals surface area contributed by atoms with Gasteiger partial charge in [0.15, 0.2) is 5.78 Å². The molecule has 0 radical (unpaired) electrons. The molecule has 0 N–H and O–H groups in total. The molecule has 1 aromatic carbocycles. The molecule has 0 atom stereocenters. The van der Waals surface area contributed by atoms with Crippen molar-refractivity contribution in [2.75, 3.05) is 20.1 Å². The van der Waals surface area contributed by atoms with Crippen molar-refractivity contribution in [2.45, 2.75) is 12.8 Å². The normalized spacial score (nSPS) is 18.3. The van der Waals surface area contributed by atoms with Crippen LogP contribution in [0.4, 0.5) is 8.78 Å². The summed E-state index contributed by atoms with van der Waals surface area (Å²) >= 11 is 0. The fourth-order valence-electron chi connectivity index (χ4n) is 2.20. The van der Waals surface area contributed by atoms with Crippen LogP contribution in [0.1, 0.15) is 23.2 Å². The molecule has 0 amide bonds. The van der Waals surface area contributed by atoms with Gasteiger partial charge in [0, 0.05) is 17.5 Å². The molecule has 1 saturated heterocycles. The highest BCUT2D eigenvalue weighted by Gasteiger charge is 2.24.